The molecule has 0 aliphatic carbocycles. The number of hydrogen-bond acceptors (Lipinski definition) is 5. The predicted molar refractivity (Wildman–Crippen MR) is 92.0 cm³/mol. The minimum Gasteiger partial charge on any atom is -0.317 e. The Bertz CT molecular complexity index is 1170. The summed E-state index contributed by atoms with van der Waals surface area (Å²) in [7, 11) is 0. The maximum atomic E-state index is 13.1. The summed E-state index contributed by atoms with van der Waals surface area (Å²) in [6.45, 7) is 1.76. The molecule has 28 heavy (non-hydrogen) atoms. The number of hydrogen-bond donors (Lipinski definition) is 1. The molecule has 3 heterocycles. The Morgan fingerprint density at radius 2 is 2.00 bits per heavy atom. The van der Waals surface area contributed by atoms with Gasteiger partial charge < -0.3 is 5.32 Å². The van der Waals surface area contributed by atoms with E-state index < -0.39 is 17.6 Å². The Kier molecular flexibility index (Phi) is 4.06. The van der Waals surface area contributed by atoms with E-state index in [-0.39, 0.29) is 23.0 Å². The number of halogens is 3. The van der Waals surface area contributed by atoms with Gasteiger partial charge in [0, 0.05) is 24.3 Å². The molecule has 1 aromatic carbocycles. The van der Waals surface area contributed by atoms with Gasteiger partial charge in [-0.3, -0.25) is 4.79 Å². The Labute approximate surface area is 155 Å². The topological polar surface area (TPSA) is 90.0 Å². The first-order valence-electron chi connectivity index (χ1n) is 8.04. The summed E-state index contributed by atoms with van der Waals surface area (Å²) in [5.74, 6) is -0.773. The summed E-state index contributed by atoms with van der Waals surface area (Å²) in [6, 6.07) is 6.29. The number of aromatic nitrogens is 6. The SMILES string of the molecule is Cc1ccnc2nc(C(=O)Nc3cc(C(F)(F)F)ccc3-n3cccn3)nn12. The van der Waals surface area contributed by atoms with Crippen molar-refractivity contribution in [1.82, 2.24) is 29.4 Å². The second kappa shape index (κ2) is 6.44. The van der Waals surface area contributed by atoms with E-state index in [0.29, 0.717) is 5.69 Å². The summed E-state index contributed by atoms with van der Waals surface area (Å²) in [5, 5.41) is 10.5. The Hall–Kier alpha value is -3.76. The van der Waals surface area contributed by atoms with Crippen molar-refractivity contribution in [3.05, 3.63) is 66.0 Å². The van der Waals surface area contributed by atoms with Crippen LogP contribution in [0, 0.1) is 6.92 Å². The summed E-state index contributed by atoms with van der Waals surface area (Å²) in [4.78, 5) is 20.6. The first-order valence-corrected chi connectivity index (χ1v) is 8.04. The van der Waals surface area contributed by atoms with Crippen molar-refractivity contribution < 1.29 is 18.0 Å². The molecule has 0 unspecified atom stereocenters. The number of carbonyl (C=O) groups is 1. The van der Waals surface area contributed by atoms with E-state index in [4.69, 9.17) is 0 Å². The van der Waals surface area contributed by atoms with Gasteiger partial charge >= 0.3 is 6.18 Å². The summed E-state index contributed by atoms with van der Waals surface area (Å²) in [5.41, 5.74) is -0.0106. The monoisotopic (exact) mass is 387 g/mol. The largest absolute Gasteiger partial charge is 0.416 e. The van der Waals surface area contributed by atoms with E-state index in [2.05, 4.69) is 25.5 Å². The van der Waals surface area contributed by atoms with Crippen molar-refractivity contribution in [2.24, 2.45) is 0 Å². The molecule has 0 bridgehead atoms. The fourth-order valence-corrected chi connectivity index (χ4v) is 2.60. The first kappa shape index (κ1) is 17.6. The highest BCUT2D eigenvalue weighted by Crippen LogP contribution is 2.33. The second-order valence-electron chi connectivity index (χ2n) is 5.87. The molecule has 0 atom stereocenters. The maximum absolute atomic E-state index is 13.1. The minimum atomic E-state index is -4.56. The fraction of sp³-hybridized carbons (Fsp3) is 0.118. The van der Waals surface area contributed by atoms with Gasteiger partial charge in [-0.05, 0) is 37.3 Å². The molecular weight excluding hydrogens is 375 g/mol. The standard InChI is InChI=1S/C17H12F3N7O/c1-10-5-7-21-16-24-14(25-27(10)16)15(28)23-12-9-11(17(18,19)20)3-4-13(12)26-8-2-6-22-26/h2-9H,1H3,(H,23,28). The molecule has 0 radical (unpaired) electrons. The zero-order chi connectivity index (χ0) is 19.9. The summed E-state index contributed by atoms with van der Waals surface area (Å²) < 4.78 is 42.1. The van der Waals surface area contributed by atoms with Crippen LogP contribution >= 0.6 is 0 Å². The molecule has 0 saturated heterocycles. The Morgan fingerprint density at radius 1 is 1.18 bits per heavy atom. The molecule has 0 aliphatic rings. The molecule has 8 nitrogen and oxygen atoms in total. The van der Waals surface area contributed by atoms with Crippen molar-refractivity contribution in [2.75, 3.05) is 5.32 Å². The third-order valence-electron chi connectivity index (χ3n) is 3.96. The normalized spacial score (nSPS) is 11.7. The smallest absolute Gasteiger partial charge is 0.317 e. The average molecular weight is 387 g/mol. The molecule has 142 valence electrons. The Balaban J connectivity index is 1.74. The van der Waals surface area contributed by atoms with Crippen LogP contribution in [0.3, 0.4) is 0 Å². The molecule has 0 aliphatic heterocycles. The van der Waals surface area contributed by atoms with Crippen molar-refractivity contribution in [1.29, 1.82) is 0 Å². The van der Waals surface area contributed by atoms with Crippen LogP contribution in [0.5, 0.6) is 0 Å². The minimum absolute atomic E-state index is 0.0768. The van der Waals surface area contributed by atoms with E-state index in [1.807, 2.05) is 0 Å². The number of anilines is 1. The highest BCUT2D eigenvalue weighted by Gasteiger charge is 2.31. The van der Waals surface area contributed by atoms with Gasteiger partial charge in [-0.1, -0.05) is 0 Å². The van der Waals surface area contributed by atoms with Crippen LogP contribution in [0.4, 0.5) is 18.9 Å². The number of aryl methyl sites for hydroxylation is 1. The van der Waals surface area contributed by atoms with E-state index >= 15 is 0 Å². The molecule has 4 aromatic rings. The number of benzene rings is 1. The van der Waals surface area contributed by atoms with Gasteiger partial charge in [-0.25, -0.2) is 14.2 Å². The zero-order valence-corrected chi connectivity index (χ0v) is 14.3. The third kappa shape index (κ3) is 3.17. The molecule has 0 spiro atoms. The van der Waals surface area contributed by atoms with Crippen molar-refractivity contribution in [3.63, 3.8) is 0 Å². The lowest BCUT2D eigenvalue weighted by molar-refractivity contribution is -0.137. The van der Waals surface area contributed by atoms with Crippen LogP contribution in [-0.4, -0.2) is 35.3 Å². The zero-order valence-electron chi connectivity index (χ0n) is 14.3. The molecular formula is C17H12F3N7O. The lowest BCUT2D eigenvalue weighted by atomic mass is 10.1. The molecule has 0 fully saturated rings. The predicted octanol–water partition coefficient (Wildman–Crippen LogP) is 2.89. The third-order valence-corrected chi connectivity index (χ3v) is 3.96. The van der Waals surface area contributed by atoms with Gasteiger partial charge in [0.25, 0.3) is 11.7 Å². The summed E-state index contributed by atoms with van der Waals surface area (Å²) >= 11 is 0. The number of amides is 1. The molecule has 3 aromatic heterocycles. The quantitative estimate of drug-likeness (QED) is 0.584. The van der Waals surface area contributed by atoms with E-state index in [1.165, 1.54) is 27.7 Å². The van der Waals surface area contributed by atoms with Gasteiger partial charge in [0.05, 0.1) is 16.9 Å². The lowest BCUT2D eigenvalue weighted by Gasteiger charge is -2.14. The van der Waals surface area contributed by atoms with E-state index in [0.717, 1.165) is 12.1 Å². The van der Waals surface area contributed by atoms with Gasteiger partial charge in [-0.15, -0.1) is 5.10 Å². The number of carbonyl (C=O) groups excluding carboxylic acids is 1. The number of nitrogens with zero attached hydrogens (tertiary/aromatic N) is 6. The van der Waals surface area contributed by atoms with Crippen LogP contribution in [0.25, 0.3) is 11.5 Å². The van der Waals surface area contributed by atoms with Gasteiger partial charge in [0.15, 0.2) is 0 Å². The van der Waals surface area contributed by atoms with Crippen molar-refractivity contribution in [2.45, 2.75) is 13.1 Å². The van der Waals surface area contributed by atoms with Crippen LogP contribution in [0.15, 0.2) is 48.9 Å². The van der Waals surface area contributed by atoms with Crippen LogP contribution in [0.1, 0.15) is 21.9 Å². The number of alkyl halides is 3. The van der Waals surface area contributed by atoms with Crippen molar-refractivity contribution in [3.8, 4) is 5.69 Å². The highest BCUT2D eigenvalue weighted by molar-refractivity contribution is 6.03. The maximum Gasteiger partial charge on any atom is 0.416 e. The second-order valence-corrected chi connectivity index (χ2v) is 5.87. The van der Waals surface area contributed by atoms with E-state index in [9.17, 15) is 18.0 Å². The molecule has 1 N–H and O–H groups in total. The van der Waals surface area contributed by atoms with Crippen LogP contribution in [0.2, 0.25) is 0 Å². The lowest BCUT2D eigenvalue weighted by Crippen LogP contribution is -2.17. The average Bonchev–Trinajstić information content (AvgIpc) is 3.31. The van der Waals surface area contributed by atoms with Gasteiger partial charge in [0.1, 0.15) is 0 Å². The molecule has 11 heteroatoms. The van der Waals surface area contributed by atoms with Gasteiger partial charge in [0.2, 0.25) is 5.82 Å². The van der Waals surface area contributed by atoms with Gasteiger partial charge in [-0.2, -0.15) is 23.3 Å². The first-order chi connectivity index (χ1) is 13.3. The number of fused-ring (bicyclic) bond motifs is 1. The van der Waals surface area contributed by atoms with Crippen molar-refractivity contribution >= 4 is 17.4 Å². The molecule has 1 amide bonds. The van der Waals surface area contributed by atoms with Crippen LogP contribution in [-0.2, 0) is 6.18 Å². The molecule has 4 rings (SSSR count). The van der Waals surface area contributed by atoms with E-state index in [1.54, 1.807) is 25.3 Å². The van der Waals surface area contributed by atoms with Crippen LogP contribution < -0.4 is 5.32 Å². The Morgan fingerprint density at radius 3 is 2.68 bits per heavy atom. The fourth-order valence-electron chi connectivity index (χ4n) is 2.60. The molecule has 0 saturated carbocycles. The number of nitrogens with one attached hydrogen (secondary N) is 1. The highest BCUT2D eigenvalue weighted by atomic mass is 19.4. The summed E-state index contributed by atoms with van der Waals surface area (Å²) in [6.07, 6.45) is -0.0236. The number of rotatable bonds is 3.